The van der Waals surface area contributed by atoms with E-state index >= 15 is 0 Å². The molecule has 1 rings (SSSR count). The molecule has 5 nitrogen and oxygen atoms in total. The number of methoxy groups -OCH3 is 2. The molecule has 1 saturated carbocycles. The fourth-order valence-electron chi connectivity index (χ4n) is 2.00. The maximum atomic E-state index is 11.8. The molecule has 0 aromatic heterocycles. The summed E-state index contributed by atoms with van der Waals surface area (Å²) in [7, 11) is 2.36. The number of rotatable bonds is 3. The van der Waals surface area contributed by atoms with E-state index in [2.05, 4.69) is 16.1 Å². The van der Waals surface area contributed by atoms with Crippen LogP contribution in [0, 0.1) is 5.41 Å². The minimum atomic E-state index is -1.53. The van der Waals surface area contributed by atoms with Gasteiger partial charge in [-0.25, -0.2) is 4.79 Å². The molecule has 1 fully saturated rings. The molecule has 88 valence electrons. The van der Waals surface area contributed by atoms with E-state index in [0.29, 0.717) is 6.42 Å². The van der Waals surface area contributed by atoms with E-state index < -0.39 is 17.4 Å². The highest BCUT2D eigenvalue weighted by atomic mass is 16.5. The summed E-state index contributed by atoms with van der Waals surface area (Å²) in [5.41, 5.74) is -1.66. The molecule has 1 unspecified atom stereocenters. The Bertz CT molecular complexity index is 357. The van der Waals surface area contributed by atoms with Crippen LogP contribution in [0.2, 0.25) is 0 Å². The van der Waals surface area contributed by atoms with E-state index in [1.54, 1.807) is 0 Å². The molecule has 0 saturated heterocycles. The van der Waals surface area contributed by atoms with Gasteiger partial charge in [0.25, 0.3) is 0 Å². The predicted octanol–water partition coefficient (Wildman–Crippen LogP) is 0.628. The highest BCUT2D eigenvalue weighted by Gasteiger charge is 2.54. The van der Waals surface area contributed by atoms with Gasteiger partial charge in [0, 0.05) is 6.42 Å². The first-order valence-corrected chi connectivity index (χ1v) is 4.90. The summed E-state index contributed by atoms with van der Waals surface area (Å²) < 4.78 is 9.09. The highest BCUT2D eigenvalue weighted by Crippen LogP contribution is 2.42. The van der Waals surface area contributed by atoms with Gasteiger partial charge in [-0.3, -0.25) is 9.59 Å². The molecule has 0 amide bonds. The van der Waals surface area contributed by atoms with E-state index in [9.17, 15) is 14.4 Å². The van der Waals surface area contributed by atoms with Crippen molar-refractivity contribution in [2.75, 3.05) is 14.2 Å². The number of carbonyl (C=O) groups is 3. The minimum Gasteiger partial charge on any atom is -0.468 e. The van der Waals surface area contributed by atoms with Gasteiger partial charge in [-0.05, 0) is 12.8 Å². The minimum absolute atomic E-state index is 0.135. The fraction of sp³-hybridized carbons (Fsp3) is 0.545. The zero-order chi connectivity index (χ0) is 12.3. The molecular weight excluding hydrogens is 212 g/mol. The van der Waals surface area contributed by atoms with Gasteiger partial charge in [0.2, 0.25) is 0 Å². The first-order chi connectivity index (χ1) is 7.50. The van der Waals surface area contributed by atoms with Gasteiger partial charge in [0.15, 0.2) is 11.2 Å². The summed E-state index contributed by atoms with van der Waals surface area (Å²) in [6, 6.07) is 0. The van der Waals surface area contributed by atoms with Gasteiger partial charge in [0.05, 0.1) is 19.8 Å². The number of ether oxygens (including phenoxy) is 2. The van der Waals surface area contributed by atoms with Crippen molar-refractivity contribution in [3.05, 3.63) is 12.2 Å². The number of carbonyl (C=O) groups excluding carboxylic acids is 3. The summed E-state index contributed by atoms with van der Waals surface area (Å²) in [6.45, 7) is 3.50. The maximum absolute atomic E-state index is 11.8. The average Bonchev–Trinajstić information content (AvgIpc) is 2.69. The van der Waals surface area contributed by atoms with E-state index in [4.69, 9.17) is 0 Å². The number of esters is 2. The van der Waals surface area contributed by atoms with Crippen LogP contribution in [0.5, 0.6) is 0 Å². The molecule has 0 N–H and O–H groups in total. The van der Waals surface area contributed by atoms with Crippen molar-refractivity contribution in [2.24, 2.45) is 5.41 Å². The van der Waals surface area contributed by atoms with Crippen LogP contribution < -0.4 is 0 Å². The SMILES string of the molecule is C=C(C(=O)OC)C1(C(=O)OC)CCCC1=O. The highest BCUT2D eigenvalue weighted by molar-refractivity contribution is 6.14. The molecule has 1 aliphatic carbocycles. The summed E-state index contributed by atoms with van der Waals surface area (Å²) in [5.74, 6) is -1.80. The summed E-state index contributed by atoms with van der Waals surface area (Å²) in [4.78, 5) is 34.9. The predicted molar refractivity (Wildman–Crippen MR) is 54.5 cm³/mol. The van der Waals surface area contributed by atoms with Crippen molar-refractivity contribution < 1.29 is 23.9 Å². The molecule has 1 aliphatic rings. The van der Waals surface area contributed by atoms with Crippen molar-refractivity contribution in [3.63, 3.8) is 0 Å². The zero-order valence-corrected chi connectivity index (χ0v) is 9.37. The standard InChI is InChI=1S/C11H14O5/c1-7(9(13)15-2)11(10(14)16-3)6-4-5-8(11)12/h1,4-6H2,2-3H3. The Labute approximate surface area is 93.4 Å². The summed E-state index contributed by atoms with van der Waals surface area (Å²) in [6.07, 6.45) is 1.06. The second-order valence-electron chi connectivity index (χ2n) is 3.64. The largest absolute Gasteiger partial charge is 0.468 e. The number of Topliss-reactive ketones (excluding diaryl/α,β-unsaturated/α-hetero) is 1. The van der Waals surface area contributed by atoms with Crippen LogP contribution in [-0.4, -0.2) is 31.9 Å². The van der Waals surface area contributed by atoms with Crippen molar-refractivity contribution in [1.29, 1.82) is 0 Å². The third-order valence-electron chi connectivity index (χ3n) is 2.91. The molecule has 5 heteroatoms. The Morgan fingerprint density at radius 3 is 2.31 bits per heavy atom. The lowest BCUT2D eigenvalue weighted by Crippen LogP contribution is -2.40. The smallest absolute Gasteiger partial charge is 0.334 e. The van der Waals surface area contributed by atoms with Crippen LogP contribution in [-0.2, 0) is 23.9 Å². The van der Waals surface area contributed by atoms with Gasteiger partial charge in [-0.2, -0.15) is 0 Å². The van der Waals surface area contributed by atoms with Crippen molar-refractivity contribution in [2.45, 2.75) is 19.3 Å². The second-order valence-corrected chi connectivity index (χ2v) is 3.64. The third kappa shape index (κ3) is 1.62. The van der Waals surface area contributed by atoms with Crippen molar-refractivity contribution >= 4 is 17.7 Å². The van der Waals surface area contributed by atoms with Gasteiger partial charge in [-0.1, -0.05) is 6.58 Å². The maximum Gasteiger partial charge on any atom is 0.334 e. The van der Waals surface area contributed by atoms with Gasteiger partial charge >= 0.3 is 11.9 Å². The molecule has 0 aliphatic heterocycles. The zero-order valence-electron chi connectivity index (χ0n) is 9.37. The number of hydrogen-bond acceptors (Lipinski definition) is 5. The van der Waals surface area contributed by atoms with Gasteiger partial charge in [-0.15, -0.1) is 0 Å². The molecule has 0 spiro atoms. The van der Waals surface area contributed by atoms with Crippen LogP contribution in [0.1, 0.15) is 19.3 Å². The van der Waals surface area contributed by atoms with Crippen molar-refractivity contribution in [3.8, 4) is 0 Å². The molecule has 0 heterocycles. The van der Waals surface area contributed by atoms with Crippen LogP contribution in [0.4, 0.5) is 0 Å². The Hall–Kier alpha value is -1.65. The Kier molecular flexibility index (Phi) is 3.47. The molecule has 0 aromatic carbocycles. The molecule has 0 bridgehead atoms. The molecule has 1 atom stereocenters. The first-order valence-electron chi connectivity index (χ1n) is 4.90. The van der Waals surface area contributed by atoms with Crippen molar-refractivity contribution in [1.82, 2.24) is 0 Å². The average molecular weight is 226 g/mol. The third-order valence-corrected chi connectivity index (χ3v) is 2.91. The quantitative estimate of drug-likeness (QED) is 0.401. The molecular formula is C11H14O5. The Balaban J connectivity index is 3.15. The Morgan fingerprint density at radius 2 is 1.94 bits per heavy atom. The van der Waals surface area contributed by atoms with Gasteiger partial charge < -0.3 is 9.47 Å². The molecule has 0 aromatic rings. The van der Waals surface area contributed by atoms with Crippen LogP contribution in [0.25, 0.3) is 0 Å². The number of ketones is 1. The lowest BCUT2D eigenvalue weighted by atomic mass is 9.78. The second kappa shape index (κ2) is 4.47. The normalized spacial score (nSPS) is 24.0. The van der Waals surface area contributed by atoms with Crippen LogP contribution in [0.15, 0.2) is 12.2 Å². The first kappa shape index (κ1) is 12.4. The number of hydrogen-bond donors (Lipinski definition) is 0. The lowest BCUT2D eigenvalue weighted by molar-refractivity contribution is -0.157. The van der Waals surface area contributed by atoms with E-state index in [1.807, 2.05) is 0 Å². The van der Waals surface area contributed by atoms with Gasteiger partial charge in [0.1, 0.15) is 0 Å². The monoisotopic (exact) mass is 226 g/mol. The Morgan fingerprint density at radius 1 is 1.31 bits per heavy atom. The van der Waals surface area contributed by atoms with E-state index in [0.717, 1.165) is 0 Å². The van der Waals surface area contributed by atoms with Crippen LogP contribution in [0.3, 0.4) is 0 Å². The topological polar surface area (TPSA) is 69.7 Å². The van der Waals surface area contributed by atoms with E-state index in [1.165, 1.54) is 14.2 Å². The molecule has 0 radical (unpaired) electrons. The summed E-state index contributed by atoms with van der Waals surface area (Å²) in [5, 5.41) is 0. The van der Waals surface area contributed by atoms with Crippen LogP contribution >= 0.6 is 0 Å². The summed E-state index contributed by atoms with van der Waals surface area (Å²) >= 11 is 0. The molecule has 16 heavy (non-hydrogen) atoms. The fourth-order valence-corrected chi connectivity index (χ4v) is 2.00. The lowest BCUT2D eigenvalue weighted by Gasteiger charge is -2.24. The van der Waals surface area contributed by atoms with E-state index in [-0.39, 0.29) is 24.2 Å².